The van der Waals surface area contributed by atoms with Crippen LogP contribution in [0.25, 0.3) is 0 Å². The monoisotopic (exact) mass is 461 g/mol. The fraction of sp³-hybridized carbons (Fsp3) is 0.440. The Hall–Kier alpha value is -3.80. The number of aromatic nitrogens is 1. The third kappa shape index (κ3) is 4.76. The van der Waals surface area contributed by atoms with Gasteiger partial charge >= 0.3 is 0 Å². The summed E-state index contributed by atoms with van der Waals surface area (Å²) in [7, 11) is 1.78. The summed E-state index contributed by atoms with van der Waals surface area (Å²) in [5.41, 5.74) is 2.12. The van der Waals surface area contributed by atoms with Crippen molar-refractivity contribution in [3.8, 4) is 6.19 Å². The van der Waals surface area contributed by atoms with Crippen molar-refractivity contribution in [2.45, 2.75) is 45.2 Å². The Kier molecular flexibility index (Phi) is 6.87. The molecule has 0 aliphatic carbocycles. The van der Waals surface area contributed by atoms with E-state index in [0.717, 1.165) is 43.0 Å². The van der Waals surface area contributed by atoms with Gasteiger partial charge in [-0.15, -0.1) is 0 Å². The molecule has 1 saturated heterocycles. The first-order chi connectivity index (χ1) is 16.4. The smallest absolute Gasteiger partial charge is 0.251 e. The van der Waals surface area contributed by atoms with E-state index in [1.807, 2.05) is 42.2 Å². The number of likely N-dealkylation sites (tertiary alicyclic amines) is 1. The van der Waals surface area contributed by atoms with Crippen molar-refractivity contribution in [3.63, 3.8) is 0 Å². The Labute approximate surface area is 200 Å². The van der Waals surface area contributed by atoms with Gasteiger partial charge in [0, 0.05) is 44.0 Å². The molecule has 3 heterocycles. The third-order valence-corrected chi connectivity index (χ3v) is 6.48. The standard InChI is InChI=1S/C25H31N7O2/c1-4-12-32-17(2)25(34)30(3)21-8-9-22(29-23(21)32)27-20-7-5-6-18(15-20)24(33)28-19-10-13-31(16-26)14-11-19/h5-9,15,17,19H,4,10-14H2,1-3H3,(H,27,29)(H,28,33). The fourth-order valence-corrected chi connectivity index (χ4v) is 4.52. The molecule has 1 atom stereocenters. The first-order valence-electron chi connectivity index (χ1n) is 11.8. The molecule has 0 radical (unpaired) electrons. The van der Waals surface area contributed by atoms with Gasteiger partial charge in [-0.2, -0.15) is 5.26 Å². The van der Waals surface area contributed by atoms with Crippen LogP contribution in [-0.2, 0) is 4.79 Å². The molecule has 178 valence electrons. The van der Waals surface area contributed by atoms with Crippen molar-refractivity contribution in [2.24, 2.45) is 0 Å². The molecule has 34 heavy (non-hydrogen) atoms. The van der Waals surface area contributed by atoms with E-state index in [2.05, 4.69) is 23.8 Å². The van der Waals surface area contributed by atoms with Crippen LogP contribution in [0, 0.1) is 11.5 Å². The number of anilines is 4. The highest BCUT2D eigenvalue weighted by Crippen LogP contribution is 2.35. The van der Waals surface area contributed by atoms with E-state index in [1.54, 1.807) is 22.9 Å². The zero-order valence-electron chi connectivity index (χ0n) is 19.9. The summed E-state index contributed by atoms with van der Waals surface area (Å²) in [6, 6.07) is 10.9. The molecule has 0 spiro atoms. The van der Waals surface area contributed by atoms with Crippen molar-refractivity contribution < 1.29 is 9.59 Å². The van der Waals surface area contributed by atoms with Gasteiger partial charge in [-0.25, -0.2) is 4.98 Å². The van der Waals surface area contributed by atoms with E-state index in [0.29, 0.717) is 24.5 Å². The van der Waals surface area contributed by atoms with Crippen LogP contribution in [-0.4, -0.2) is 60.5 Å². The normalized spacial score (nSPS) is 18.4. The van der Waals surface area contributed by atoms with Gasteiger partial charge in [-0.3, -0.25) is 9.59 Å². The molecule has 9 nitrogen and oxygen atoms in total. The average Bonchev–Trinajstić information content (AvgIpc) is 2.86. The molecule has 1 fully saturated rings. The number of benzene rings is 1. The quantitative estimate of drug-likeness (QED) is 0.637. The lowest BCUT2D eigenvalue weighted by molar-refractivity contribution is -0.119. The molecule has 4 rings (SSSR count). The predicted octanol–water partition coefficient (Wildman–Crippen LogP) is 3.08. The summed E-state index contributed by atoms with van der Waals surface area (Å²) in [5, 5.41) is 15.4. The van der Waals surface area contributed by atoms with E-state index in [4.69, 9.17) is 10.2 Å². The Morgan fingerprint density at radius 2 is 2.00 bits per heavy atom. The number of fused-ring (bicyclic) bond motifs is 1. The summed E-state index contributed by atoms with van der Waals surface area (Å²) in [4.78, 5) is 35.7. The molecule has 0 saturated carbocycles. The molecular formula is C25H31N7O2. The van der Waals surface area contributed by atoms with Crippen LogP contribution in [0.5, 0.6) is 0 Å². The van der Waals surface area contributed by atoms with Gasteiger partial charge in [0.1, 0.15) is 11.9 Å². The summed E-state index contributed by atoms with van der Waals surface area (Å²) in [6.07, 6.45) is 4.60. The van der Waals surface area contributed by atoms with Gasteiger partial charge in [-0.1, -0.05) is 13.0 Å². The first kappa shape index (κ1) is 23.4. The van der Waals surface area contributed by atoms with Crippen LogP contribution >= 0.6 is 0 Å². The zero-order valence-corrected chi connectivity index (χ0v) is 19.9. The zero-order chi connectivity index (χ0) is 24.2. The van der Waals surface area contributed by atoms with Crippen LogP contribution in [0.3, 0.4) is 0 Å². The molecule has 1 aromatic carbocycles. The Morgan fingerprint density at radius 3 is 2.71 bits per heavy atom. The number of nitrogens with one attached hydrogen (secondary N) is 2. The van der Waals surface area contributed by atoms with Crippen LogP contribution in [0.15, 0.2) is 36.4 Å². The topological polar surface area (TPSA) is 105 Å². The number of carbonyl (C=O) groups excluding carboxylic acids is 2. The lowest BCUT2D eigenvalue weighted by Gasteiger charge is -2.39. The number of pyridine rings is 1. The van der Waals surface area contributed by atoms with Crippen molar-refractivity contribution in [2.75, 3.05) is 41.8 Å². The second-order valence-corrected chi connectivity index (χ2v) is 8.85. The van der Waals surface area contributed by atoms with E-state index in [1.165, 1.54) is 0 Å². The van der Waals surface area contributed by atoms with Crippen LogP contribution in [0.4, 0.5) is 23.0 Å². The van der Waals surface area contributed by atoms with Crippen LogP contribution in [0.2, 0.25) is 0 Å². The molecule has 1 aromatic heterocycles. The SMILES string of the molecule is CCCN1c2nc(Nc3cccc(C(=O)NC4CCN(C#N)CC4)c3)ccc2N(C)C(=O)C1C. The minimum Gasteiger partial charge on any atom is -0.349 e. The van der Waals surface area contributed by atoms with Gasteiger partial charge < -0.3 is 25.3 Å². The number of amides is 2. The number of likely N-dealkylation sites (N-methyl/N-ethyl adjacent to an activating group) is 1. The third-order valence-electron chi connectivity index (χ3n) is 6.48. The number of piperidine rings is 1. The van der Waals surface area contributed by atoms with Crippen LogP contribution in [0.1, 0.15) is 43.5 Å². The Balaban J connectivity index is 1.49. The largest absolute Gasteiger partial charge is 0.349 e. The molecule has 2 aliphatic rings. The highest BCUT2D eigenvalue weighted by atomic mass is 16.2. The van der Waals surface area contributed by atoms with Crippen molar-refractivity contribution in [3.05, 3.63) is 42.0 Å². The minimum atomic E-state index is -0.271. The minimum absolute atomic E-state index is 0.0560. The van der Waals surface area contributed by atoms with E-state index in [-0.39, 0.29) is 23.9 Å². The van der Waals surface area contributed by atoms with Gasteiger partial charge in [0.25, 0.3) is 5.91 Å². The molecule has 0 bridgehead atoms. The number of nitriles is 1. The maximum Gasteiger partial charge on any atom is 0.251 e. The van der Waals surface area contributed by atoms with Gasteiger partial charge in [0.2, 0.25) is 5.91 Å². The lowest BCUT2D eigenvalue weighted by Crippen LogP contribution is -2.51. The Morgan fingerprint density at radius 1 is 1.24 bits per heavy atom. The van der Waals surface area contributed by atoms with Crippen molar-refractivity contribution in [1.29, 1.82) is 5.26 Å². The average molecular weight is 462 g/mol. The molecule has 9 heteroatoms. The van der Waals surface area contributed by atoms with Gasteiger partial charge in [0.05, 0.1) is 5.69 Å². The lowest BCUT2D eigenvalue weighted by atomic mass is 10.0. The number of nitrogens with zero attached hydrogens (tertiary/aromatic N) is 5. The number of carbonyl (C=O) groups is 2. The number of hydrogen-bond acceptors (Lipinski definition) is 7. The van der Waals surface area contributed by atoms with Crippen molar-refractivity contribution in [1.82, 2.24) is 15.2 Å². The second-order valence-electron chi connectivity index (χ2n) is 8.85. The van der Waals surface area contributed by atoms with Crippen molar-refractivity contribution >= 4 is 34.8 Å². The fourth-order valence-electron chi connectivity index (χ4n) is 4.52. The van der Waals surface area contributed by atoms with Gasteiger partial charge in [0.15, 0.2) is 12.0 Å². The summed E-state index contributed by atoms with van der Waals surface area (Å²) in [6.45, 7) is 6.07. The van der Waals surface area contributed by atoms with Gasteiger partial charge in [-0.05, 0) is 56.5 Å². The molecule has 2 N–H and O–H groups in total. The number of rotatable bonds is 6. The maximum atomic E-state index is 12.8. The molecule has 1 unspecified atom stereocenters. The van der Waals surface area contributed by atoms with E-state index >= 15 is 0 Å². The highest BCUT2D eigenvalue weighted by molar-refractivity contribution is 6.04. The first-order valence-corrected chi connectivity index (χ1v) is 11.8. The summed E-state index contributed by atoms with van der Waals surface area (Å²) < 4.78 is 0. The molecule has 2 amide bonds. The Bertz CT molecular complexity index is 1100. The maximum absolute atomic E-state index is 12.8. The van der Waals surface area contributed by atoms with E-state index < -0.39 is 0 Å². The second kappa shape index (κ2) is 10.00. The number of hydrogen-bond donors (Lipinski definition) is 2. The summed E-state index contributed by atoms with van der Waals surface area (Å²) in [5.74, 6) is 1.36. The summed E-state index contributed by atoms with van der Waals surface area (Å²) >= 11 is 0. The van der Waals surface area contributed by atoms with Crippen LogP contribution < -0.4 is 20.4 Å². The molecule has 2 aromatic rings. The van der Waals surface area contributed by atoms with E-state index in [9.17, 15) is 9.59 Å². The predicted molar refractivity (Wildman–Crippen MR) is 132 cm³/mol. The molecular weight excluding hydrogens is 430 g/mol. The molecule has 2 aliphatic heterocycles. The highest BCUT2D eigenvalue weighted by Gasteiger charge is 2.34.